The highest BCUT2D eigenvalue weighted by atomic mass is 16.4. The molecule has 0 radical (unpaired) electrons. The van der Waals surface area contributed by atoms with Gasteiger partial charge in [0.25, 0.3) is 0 Å². The van der Waals surface area contributed by atoms with Gasteiger partial charge in [-0.3, -0.25) is 14.5 Å². The first-order chi connectivity index (χ1) is 9.95. The fourth-order valence-electron chi connectivity index (χ4n) is 2.23. The molecule has 2 rings (SSSR count). The summed E-state index contributed by atoms with van der Waals surface area (Å²) in [4.78, 5) is 25.0. The predicted octanol–water partition coefficient (Wildman–Crippen LogP) is 2.12. The highest BCUT2D eigenvalue weighted by Gasteiger charge is 2.32. The smallest absolute Gasteiger partial charge is 0.307 e. The number of hydrogen-bond donors (Lipinski definition) is 2. The number of carbonyl (C=O) groups is 2. The second kappa shape index (κ2) is 6.72. The zero-order valence-electron chi connectivity index (χ0n) is 12.5. The number of aryl methyl sites for hydroxylation is 1. The molecule has 1 aliphatic carbocycles. The monoisotopic (exact) mass is 290 g/mol. The molecule has 0 heterocycles. The topological polar surface area (TPSA) is 69.6 Å². The molecule has 1 aliphatic rings. The van der Waals surface area contributed by atoms with E-state index in [0.29, 0.717) is 12.6 Å². The summed E-state index contributed by atoms with van der Waals surface area (Å²) >= 11 is 0. The summed E-state index contributed by atoms with van der Waals surface area (Å²) in [5.74, 6) is -1.37. The first-order valence-electron chi connectivity index (χ1n) is 7.29. The van der Waals surface area contributed by atoms with E-state index >= 15 is 0 Å². The van der Waals surface area contributed by atoms with E-state index < -0.39 is 11.9 Å². The van der Waals surface area contributed by atoms with Crippen LogP contribution in [0.1, 0.15) is 25.3 Å². The number of nitrogens with one attached hydrogen (secondary N) is 1. The normalized spacial score (nSPS) is 15.8. The lowest BCUT2D eigenvalue weighted by atomic mass is 10.1. The van der Waals surface area contributed by atoms with Gasteiger partial charge in [-0.25, -0.2) is 0 Å². The van der Waals surface area contributed by atoms with Gasteiger partial charge in [0.05, 0.1) is 12.5 Å². The maximum Gasteiger partial charge on any atom is 0.307 e. The number of rotatable bonds is 7. The van der Waals surface area contributed by atoms with Crippen LogP contribution in [-0.2, 0) is 9.59 Å². The van der Waals surface area contributed by atoms with Crippen molar-refractivity contribution in [1.82, 2.24) is 4.90 Å². The standard InChI is InChI=1S/C16H22N2O3/c1-11-3-5-13(6-4-11)17-15(19)10-18(14-7-8-14)9-12(2)16(20)21/h3-6,12,14H,7-10H2,1-2H3,(H,17,19)(H,20,21). The number of carbonyl (C=O) groups excluding carboxylic acids is 1. The summed E-state index contributed by atoms with van der Waals surface area (Å²) in [6.07, 6.45) is 2.09. The molecule has 1 amide bonds. The Balaban J connectivity index is 1.89. The molecule has 1 atom stereocenters. The van der Waals surface area contributed by atoms with Gasteiger partial charge in [-0.1, -0.05) is 24.6 Å². The minimum Gasteiger partial charge on any atom is -0.481 e. The molecule has 1 aromatic rings. The summed E-state index contributed by atoms with van der Waals surface area (Å²) < 4.78 is 0. The minimum atomic E-state index is -0.820. The van der Waals surface area contributed by atoms with Gasteiger partial charge in [0.2, 0.25) is 5.91 Å². The van der Waals surface area contributed by atoms with E-state index in [2.05, 4.69) is 5.32 Å². The van der Waals surface area contributed by atoms with E-state index in [1.165, 1.54) is 0 Å². The Kier molecular flexibility index (Phi) is 4.96. The number of carboxylic acid groups (broad SMARTS) is 1. The molecule has 0 aromatic heterocycles. The van der Waals surface area contributed by atoms with Crippen LogP contribution in [0, 0.1) is 12.8 Å². The largest absolute Gasteiger partial charge is 0.481 e. The van der Waals surface area contributed by atoms with Crippen molar-refractivity contribution in [3.8, 4) is 0 Å². The van der Waals surface area contributed by atoms with E-state index in [9.17, 15) is 9.59 Å². The second-order valence-corrected chi connectivity index (χ2v) is 5.81. The van der Waals surface area contributed by atoms with Crippen LogP contribution in [0.25, 0.3) is 0 Å². The molecule has 0 saturated heterocycles. The molecule has 0 bridgehead atoms. The van der Waals surface area contributed by atoms with Gasteiger partial charge in [0, 0.05) is 18.3 Å². The van der Waals surface area contributed by atoms with Crippen LogP contribution in [0.5, 0.6) is 0 Å². The van der Waals surface area contributed by atoms with E-state index in [4.69, 9.17) is 5.11 Å². The molecule has 0 aliphatic heterocycles. The van der Waals surface area contributed by atoms with Gasteiger partial charge < -0.3 is 10.4 Å². The molecule has 21 heavy (non-hydrogen) atoms. The number of aliphatic carboxylic acids is 1. The van der Waals surface area contributed by atoms with Crippen molar-refractivity contribution in [3.05, 3.63) is 29.8 Å². The van der Waals surface area contributed by atoms with E-state index in [-0.39, 0.29) is 12.5 Å². The zero-order chi connectivity index (χ0) is 15.4. The average Bonchev–Trinajstić information content (AvgIpc) is 3.25. The summed E-state index contributed by atoms with van der Waals surface area (Å²) in [7, 11) is 0. The maximum atomic E-state index is 12.1. The predicted molar refractivity (Wildman–Crippen MR) is 81.2 cm³/mol. The van der Waals surface area contributed by atoms with Crippen LogP contribution < -0.4 is 5.32 Å². The highest BCUT2D eigenvalue weighted by molar-refractivity contribution is 5.92. The first-order valence-corrected chi connectivity index (χ1v) is 7.29. The van der Waals surface area contributed by atoms with Crippen molar-refractivity contribution < 1.29 is 14.7 Å². The number of nitrogens with zero attached hydrogens (tertiary/aromatic N) is 1. The van der Waals surface area contributed by atoms with Crippen molar-refractivity contribution in [2.24, 2.45) is 5.92 Å². The lowest BCUT2D eigenvalue weighted by molar-refractivity contribution is -0.142. The van der Waals surface area contributed by atoms with Crippen molar-refractivity contribution in [2.45, 2.75) is 32.7 Å². The number of amides is 1. The molecule has 114 valence electrons. The van der Waals surface area contributed by atoms with Crippen LogP contribution in [0.15, 0.2) is 24.3 Å². The fourth-order valence-corrected chi connectivity index (χ4v) is 2.23. The Bertz CT molecular complexity index is 509. The van der Waals surface area contributed by atoms with Gasteiger partial charge in [-0.15, -0.1) is 0 Å². The van der Waals surface area contributed by atoms with Gasteiger partial charge in [0.15, 0.2) is 0 Å². The molecular weight excluding hydrogens is 268 g/mol. The Morgan fingerprint density at radius 1 is 1.33 bits per heavy atom. The quantitative estimate of drug-likeness (QED) is 0.807. The lowest BCUT2D eigenvalue weighted by Crippen LogP contribution is -2.39. The Morgan fingerprint density at radius 2 is 1.95 bits per heavy atom. The van der Waals surface area contributed by atoms with Crippen molar-refractivity contribution in [3.63, 3.8) is 0 Å². The maximum absolute atomic E-state index is 12.1. The van der Waals surface area contributed by atoms with Crippen molar-refractivity contribution in [2.75, 3.05) is 18.4 Å². The number of benzene rings is 1. The number of hydrogen-bond acceptors (Lipinski definition) is 3. The van der Waals surface area contributed by atoms with Gasteiger partial charge in [-0.2, -0.15) is 0 Å². The van der Waals surface area contributed by atoms with Crippen LogP contribution in [0.2, 0.25) is 0 Å². The zero-order valence-corrected chi connectivity index (χ0v) is 12.5. The van der Waals surface area contributed by atoms with Crippen LogP contribution in [0.3, 0.4) is 0 Å². The Labute approximate surface area is 125 Å². The van der Waals surface area contributed by atoms with E-state index in [0.717, 1.165) is 24.1 Å². The summed E-state index contributed by atoms with van der Waals surface area (Å²) in [5, 5.41) is 11.9. The average molecular weight is 290 g/mol. The van der Waals surface area contributed by atoms with Crippen LogP contribution in [-0.4, -0.2) is 41.0 Å². The highest BCUT2D eigenvalue weighted by Crippen LogP contribution is 2.27. The van der Waals surface area contributed by atoms with Gasteiger partial charge in [-0.05, 0) is 31.9 Å². The minimum absolute atomic E-state index is 0.0941. The van der Waals surface area contributed by atoms with Crippen LogP contribution >= 0.6 is 0 Å². The van der Waals surface area contributed by atoms with E-state index in [1.807, 2.05) is 36.1 Å². The summed E-state index contributed by atoms with van der Waals surface area (Å²) in [6, 6.07) is 7.99. The third-order valence-corrected chi connectivity index (χ3v) is 3.68. The second-order valence-electron chi connectivity index (χ2n) is 5.81. The molecule has 5 heteroatoms. The molecular formula is C16H22N2O3. The first kappa shape index (κ1) is 15.5. The molecule has 0 spiro atoms. The Morgan fingerprint density at radius 3 is 2.48 bits per heavy atom. The number of carboxylic acids is 1. The third kappa shape index (κ3) is 4.86. The summed E-state index contributed by atoms with van der Waals surface area (Å²) in [5.41, 5.74) is 1.91. The molecule has 1 saturated carbocycles. The molecule has 2 N–H and O–H groups in total. The third-order valence-electron chi connectivity index (χ3n) is 3.68. The Hall–Kier alpha value is -1.88. The van der Waals surface area contributed by atoms with Crippen molar-refractivity contribution >= 4 is 17.6 Å². The van der Waals surface area contributed by atoms with Gasteiger partial charge in [0.1, 0.15) is 0 Å². The molecule has 1 aromatic carbocycles. The van der Waals surface area contributed by atoms with Gasteiger partial charge >= 0.3 is 5.97 Å². The van der Waals surface area contributed by atoms with Crippen molar-refractivity contribution in [1.29, 1.82) is 0 Å². The number of anilines is 1. The fraction of sp³-hybridized carbons (Fsp3) is 0.500. The SMILES string of the molecule is Cc1ccc(NC(=O)CN(CC(C)C(=O)O)C2CC2)cc1. The molecule has 5 nitrogen and oxygen atoms in total. The van der Waals surface area contributed by atoms with E-state index in [1.54, 1.807) is 6.92 Å². The lowest BCUT2D eigenvalue weighted by Gasteiger charge is -2.23. The van der Waals surface area contributed by atoms with Crippen LogP contribution in [0.4, 0.5) is 5.69 Å². The summed E-state index contributed by atoms with van der Waals surface area (Å²) in [6.45, 7) is 4.33. The molecule has 1 unspecified atom stereocenters. The molecule has 1 fully saturated rings.